The molecule has 1 atom stereocenters. The maximum atomic E-state index is 10.3. The number of allylic oxidation sites excluding steroid dienone is 2. The van der Waals surface area contributed by atoms with Crippen LogP contribution in [0.3, 0.4) is 0 Å². The van der Waals surface area contributed by atoms with E-state index in [4.69, 9.17) is 26.9 Å². The topological polar surface area (TPSA) is 77.8 Å². The Morgan fingerprint density at radius 1 is 0.885 bits per heavy atom. The van der Waals surface area contributed by atoms with Crippen molar-refractivity contribution in [3.05, 3.63) is 12.2 Å². The van der Waals surface area contributed by atoms with Crippen molar-refractivity contribution in [2.45, 2.75) is 103 Å². The molecule has 0 radical (unpaired) electrons. The second-order valence-electron chi connectivity index (χ2n) is 6.72. The van der Waals surface area contributed by atoms with E-state index in [9.17, 15) is 4.79 Å². The molecule has 0 aromatic heterocycles. The Labute approximate surface area is 165 Å². The largest absolute Gasteiger partial charge is 0.481 e. The number of carboxylic acids is 1. The van der Waals surface area contributed by atoms with Crippen molar-refractivity contribution in [1.29, 1.82) is 0 Å². The van der Waals surface area contributed by atoms with Crippen molar-refractivity contribution < 1.29 is 20.1 Å². The number of aliphatic hydroxyl groups excluding tert-OH is 2. The first-order valence-corrected chi connectivity index (χ1v) is 10.8. The highest BCUT2D eigenvalue weighted by Crippen LogP contribution is 2.09. The Kier molecular flexibility index (Phi) is 26.0. The first-order valence-electron chi connectivity index (χ1n) is 10.3. The van der Waals surface area contributed by atoms with E-state index in [1.807, 2.05) is 0 Å². The Balaban J connectivity index is 0. The summed E-state index contributed by atoms with van der Waals surface area (Å²) in [6.07, 6.45) is 20.5. The van der Waals surface area contributed by atoms with E-state index in [0.717, 1.165) is 12.8 Å². The van der Waals surface area contributed by atoms with Crippen molar-refractivity contribution in [1.82, 2.24) is 0 Å². The molecule has 0 fully saturated rings. The molecule has 0 spiro atoms. The number of aliphatic hydroxyl groups is 2. The lowest BCUT2D eigenvalue weighted by Gasteiger charge is -1.99. The highest BCUT2D eigenvalue weighted by molar-refractivity contribution is 6.18. The van der Waals surface area contributed by atoms with E-state index in [-0.39, 0.29) is 12.5 Å². The molecule has 0 aromatic rings. The summed E-state index contributed by atoms with van der Waals surface area (Å²) in [6, 6.07) is 0. The van der Waals surface area contributed by atoms with Crippen LogP contribution in [0, 0.1) is 0 Å². The minimum absolute atomic E-state index is 0.108. The van der Waals surface area contributed by atoms with Gasteiger partial charge in [0.05, 0.1) is 18.6 Å². The maximum Gasteiger partial charge on any atom is 0.303 e. The number of halogens is 1. The summed E-state index contributed by atoms with van der Waals surface area (Å²) in [4.78, 5) is 10.3. The second kappa shape index (κ2) is 24.4. The highest BCUT2D eigenvalue weighted by atomic mass is 35.5. The van der Waals surface area contributed by atoms with Crippen LogP contribution in [0.5, 0.6) is 0 Å². The lowest BCUT2D eigenvalue weighted by molar-refractivity contribution is -0.137. The average molecular weight is 393 g/mol. The summed E-state index contributed by atoms with van der Waals surface area (Å²) in [5, 5.41) is 24.8. The zero-order valence-electron chi connectivity index (χ0n) is 16.7. The number of unbranched alkanes of at least 4 members (excludes halogenated alkanes) is 11. The molecule has 0 aromatic carbocycles. The Bertz CT molecular complexity index is 304. The van der Waals surface area contributed by atoms with Gasteiger partial charge in [0.15, 0.2) is 0 Å². The number of aliphatic carboxylic acids is 1. The molecule has 0 aliphatic heterocycles. The lowest BCUT2D eigenvalue weighted by atomic mass is 10.1. The molecule has 1 unspecified atom stereocenters. The van der Waals surface area contributed by atoms with E-state index >= 15 is 0 Å². The molecule has 26 heavy (non-hydrogen) atoms. The van der Waals surface area contributed by atoms with Crippen molar-refractivity contribution in [2.24, 2.45) is 0 Å². The molecule has 4 nitrogen and oxygen atoms in total. The van der Waals surface area contributed by atoms with Crippen LogP contribution in [-0.2, 0) is 4.79 Å². The van der Waals surface area contributed by atoms with Gasteiger partial charge in [0.1, 0.15) is 0 Å². The minimum atomic E-state index is -0.744. The van der Waals surface area contributed by atoms with Crippen molar-refractivity contribution >= 4 is 17.6 Å². The summed E-state index contributed by atoms with van der Waals surface area (Å²) in [5.41, 5.74) is 0. The zero-order chi connectivity index (χ0) is 19.9. The quantitative estimate of drug-likeness (QED) is 0.169. The van der Waals surface area contributed by atoms with E-state index < -0.39 is 12.1 Å². The van der Waals surface area contributed by atoms with Gasteiger partial charge < -0.3 is 15.3 Å². The number of carbonyl (C=O) groups is 1. The molecule has 3 N–H and O–H groups in total. The smallest absolute Gasteiger partial charge is 0.303 e. The van der Waals surface area contributed by atoms with Crippen LogP contribution in [0.4, 0.5) is 0 Å². The molecule has 0 amide bonds. The molecule has 0 aliphatic rings. The molecule has 0 rings (SSSR count). The van der Waals surface area contributed by atoms with Gasteiger partial charge in [-0.3, -0.25) is 4.79 Å². The van der Waals surface area contributed by atoms with Crippen LogP contribution in [0.2, 0.25) is 0 Å². The highest BCUT2D eigenvalue weighted by Gasteiger charge is 1.96. The van der Waals surface area contributed by atoms with Gasteiger partial charge >= 0.3 is 5.97 Å². The zero-order valence-corrected chi connectivity index (χ0v) is 17.4. The standard InChI is InChI=1S/C18H34O2.C3H7ClO2/c1-2-3-4-5-6-7-8-9-10-11-12-13-14-15-16-17-18(19)20;4-1-3(6)2-5/h9-10H,2-8,11-17H2,1H3,(H,19,20);3,5-6H,1-2H2/b10-9-;. The van der Waals surface area contributed by atoms with E-state index in [1.54, 1.807) is 0 Å². The van der Waals surface area contributed by atoms with E-state index in [2.05, 4.69) is 19.1 Å². The third-order valence-corrected chi connectivity index (χ3v) is 4.40. The Morgan fingerprint density at radius 3 is 1.73 bits per heavy atom. The second-order valence-corrected chi connectivity index (χ2v) is 7.03. The summed E-state index contributed by atoms with van der Waals surface area (Å²) in [7, 11) is 0. The fourth-order valence-electron chi connectivity index (χ4n) is 2.40. The predicted octanol–water partition coefficient (Wildman–Crippen LogP) is 5.69. The van der Waals surface area contributed by atoms with E-state index in [1.165, 1.54) is 70.6 Å². The molecule has 0 saturated heterocycles. The van der Waals surface area contributed by atoms with Gasteiger partial charge in [-0.25, -0.2) is 0 Å². The fraction of sp³-hybridized carbons (Fsp3) is 0.857. The van der Waals surface area contributed by atoms with Gasteiger partial charge in [0, 0.05) is 6.42 Å². The predicted molar refractivity (Wildman–Crippen MR) is 111 cm³/mol. The molecule has 0 heterocycles. The van der Waals surface area contributed by atoms with Crippen LogP contribution in [-0.4, -0.2) is 39.9 Å². The van der Waals surface area contributed by atoms with Crippen LogP contribution >= 0.6 is 11.6 Å². The number of rotatable bonds is 17. The van der Waals surface area contributed by atoms with Gasteiger partial charge in [-0.2, -0.15) is 0 Å². The molecular weight excluding hydrogens is 352 g/mol. The summed E-state index contributed by atoms with van der Waals surface area (Å²) in [6.45, 7) is 2.01. The number of hydrogen-bond donors (Lipinski definition) is 3. The fourth-order valence-corrected chi connectivity index (χ4v) is 2.49. The van der Waals surface area contributed by atoms with Gasteiger partial charge in [-0.05, 0) is 32.1 Å². The van der Waals surface area contributed by atoms with Crippen LogP contribution in [0.15, 0.2) is 12.2 Å². The van der Waals surface area contributed by atoms with Crippen molar-refractivity contribution in [2.75, 3.05) is 12.5 Å². The van der Waals surface area contributed by atoms with Crippen molar-refractivity contribution in [3.8, 4) is 0 Å². The number of carboxylic acid groups (broad SMARTS) is 1. The average Bonchev–Trinajstić information content (AvgIpc) is 2.64. The van der Waals surface area contributed by atoms with Gasteiger partial charge in [0.25, 0.3) is 0 Å². The van der Waals surface area contributed by atoms with Crippen molar-refractivity contribution in [3.63, 3.8) is 0 Å². The summed E-state index contributed by atoms with van der Waals surface area (Å²) >= 11 is 5.04. The number of hydrogen-bond acceptors (Lipinski definition) is 3. The molecule has 0 saturated carbocycles. The summed E-state index contributed by atoms with van der Waals surface area (Å²) in [5.74, 6) is -0.557. The molecule has 5 heteroatoms. The summed E-state index contributed by atoms with van der Waals surface area (Å²) < 4.78 is 0. The molecule has 0 bridgehead atoms. The van der Waals surface area contributed by atoms with Crippen LogP contribution < -0.4 is 0 Å². The van der Waals surface area contributed by atoms with Gasteiger partial charge in [-0.15, -0.1) is 11.6 Å². The Hall–Kier alpha value is -0.580. The minimum Gasteiger partial charge on any atom is -0.481 e. The first kappa shape index (κ1) is 27.6. The van der Waals surface area contributed by atoms with Crippen LogP contribution in [0.1, 0.15) is 96.8 Å². The Morgan fingerprint density at radius 2 is 1.35 bits per heavy atom. The maximum absolute atomic E-state index is 10.3. The third kappa shape index (κ3) is 28.2. The normalized spacial score (nSPS) is 12.0. The SMILES string of the molecule is CCCCCCCC/C=C\CCCCCCCC(=O)O.OCC(O)CCl. The molecule has 156 valence electrons. The molecule has 0 aliphatic carbocycles. The molecular formula is C21H41ClO4. The van der Waals surface area contributed by atoms with Crippen LogP contribution in [0.25, 0.3) is 0 Å². The van der Waals surface area contributed by atoms with Gasteiger partial charge in [-0.1, -0.05) is 70.4 Å². The number of alkyl halides is 1. The monoisotopic (exact) mass is 392 g/mol. The first-order chi connectivity index (χ1) is 12.6. The third-order valence-electron chi connectivity index (χ3n) is 4.04. The van der Waals surface area contributed by atoms with Gasteiger partial charge in [0.2, 0.25) is 0 Å². The van der Waals surface area contributed by atoms with E-state index in [0.29, 0.717) is 6.42 Å². The lowest BCUT2D eigenvalue weighted by Crippen LogP contribution is -2.12.